The van der Waals surface area contributed by atoms with E-state index in [1.54, 1.807) is 0 Å². The van der Waals surface area contributed by atoms with Crippen molar-refractivity contribution in [2.75, 3.05) is 0 Å². The van der Waals surface area contributed by atoms with Crippen molar-refractivity contribution in [2.45, 2.75) is 38.9 Å². The molecule has 102 valence electrons. The Morgan fingerprint density at radius 1 is 1.17 bits per heavy atom. The van der Waals surface area contributed by atoms with Crippen LogP contribution in [0.25, 0.3) is 0 Å². The summed E-state index contributed by atoms with van der Waals surface area (Å²) in [6.07, 6.45) is -3.28. The molecular weight excluding hydrogens is 246 g/mol. The third kappa shape index (κ3) is 3.98. The Hall–Kier alpha value is -1.10. The fourth-order valence-electron chi connectivity index (χ4n) is 1.67. The van der Waals surface area contributed by atoms with Gasteiger partial charge in [-0.3, -0.25) is 0 Å². The van der Waals surface area contributed by atoms with Gasteiger partial charge in [0.25, 0.3) is 0 Å². The third-order valence-corrected chi connectivity index (χ3v) is 2.78. The van der Waals surface area contributed by atoms with Crippen LogP contribution in [0.4, 0.5) is 17.6 Å². The monoisotopic (exact) mass is 263 g/mol. The Morgan fingerprint density at radius 2 is 1.78 bits per heavy atom. The Balaban J connectivity index is 2.91. The molecule has 0 aliphatic carbocycles. The molecule has 0 amide bonds. The highest BCUT2D eigenvalue weighted by atomic mass is 19.4. The van der Waals surface area contributed by atoms with Gasteiger partial charge in [-0.05, 0) is 36.5 Å². The summed E-state index contributed by atoms with van der Waals surface area (Å²) in [5, 5.41) is 0. The summed E-state index contributed by atoms with van der Waals surface area (Å²) in [7, 11) is 0. The second-order valence-electron chi connectivity index (χ2n) is 4.81. The van der Waals surface area contributed by atoms with Crippen molar-refractivity contribution in [3.8, 4) is 0 Å². The first-order valence-corrected chi connectivity index (χ1v) is 5.84. The maximum absolute atomic E-state index is 13.1. The summed E-state index contributed by atoms with van der Waals surface area (Å²) in [5.74, 6) is -0.833. The van der Waals surface area contributed by atoms with Gasteiger partial charge in [0.05, 0.1) is 5.56 Å². The van der Waals surface area contributed by atoms with Crippen LogP contribution in [-0.2, 0) is 6.18 Å². The molecule has 0 aliphatic rings. The van der Waals surface area contributed by atoms with Gasteiger partial charge in [0.2, 0.25) is 0 Å². The van der Waals surface area contributed by atoms with Crippen LogP contribution in [-0.4, -0.2) is 0 Å². The lowest BCUT2D eigenvalue weighted by Gasteiger charge is -2.16. The highest BCUT2D eigenvalue weighted by molar-refractivity contribution is 5.29. The Morgan fingerprint density at radius 3 is 2.28 bits per heavy atom. The van der Waals surface area contributed by atoms with Gasteiger partial charge in [0, 0.05) is 6.04 Å². The SMILES string of the molecule is CC(C)CC[C@H](N)c1ccc(F)c(C(F)(F)F)c1. The van der Waals surface area contributed by atoms with Crippen LogP contribution in [0.1, 0.15) is 43.9 Å². The predicted molar refractivity (Wildman–Crippen MR) is 62.4 cm³/mol. The molecule has 0 saturated heterocycles. The Kier molecular flexibility index (Phi) is 4.73. The lowest BCUT2D eigenvalue weighted by molar-refractivity contribution is -0.140. The van der Waals surface area contributed by atoms with Gasteiger partial charge in [-0.15, -0.1) is 0 Å². The zero-order valence-corrected chi connectivity index (χ0v) is 10.4. The molecule has 0 radical (unpaired) electrons. The molecule has 0 fully saturated rings. The number of halogens is 4. The first-order chi connectivity index (χ1) is 8.21. The summed E-state index contributed by atoms with van der Waals surface area (Å²) < 4.78 is 50.7. The lowest BCUT2D eigenvalue weighted by atomic mass is 9.97. The maximum Gasteiger partial charge on any atom is 0.419 e. The van der Waals surface area contributed by atoms with E-state index in [4.69, 9.17) is 5.73 Å². The van der Waals surface area contributed by atoms with Crippen molar-refractivity contribution >= 4 is 0 Å². The summed E-state index contributed by atoms with van der Waals surface area (Å²) in [5.41, 5.74) is 4.89. The van der Waals surface area contributed by atoms with E-state index in [0.29, 0.717) is 17.9 Å². The fourth-order valence-corrected chi connectivity index (χ4v) is 1.67. The van der Waals surface area contributed by atoms with Crippen molar-refractivity contribution in [2.24, 2.45) is 11.7 Å². The van der Waals surface area contributed by atoms with Crippen LogP contribution in [0.5, 0.6) is 0 Å². The van der Waals surface area contributed by atoms with E-state index in [9.17, 15) is 17.6 Å². The highest BCUT2D eigenvalue weighted by Crippen LogP contribution is 2.33. The van der Waals surface area contributed by atoms with Crippen molar-refractivity contribution in [3.05, 3.63) is 35.1 Å². The second kappa shape index (κ2) is 5.69. The van der Waals surface area contributed by atoms with Crippen molar-refractivity contribution in [3.63, 3.8) is 0 Å². The molecule has 1 atom stereocenters. The van der Waals surface area contributed by atoms with E-state index < -0.39 is 23.6 Å². The Labute approximate surface area is 104 Å². The molecule has 1 nitrogen and oxygen atoms in total. The number of nitrogens with two attached hydrogens (primary N) is 1. The number of benzene rings is 1. The van der Waals surface area contributed by atoms with Gasteiger partial charge >= 0.3 is 6.18 Å². The topological polar surface area (TPSA) is 26.0 Å². The van der Waals surface area contributed by atoms with Crippen LogP contribution in [0, 0.1) is 11.7 Å². The van der Waals surface area contributed by atoms with Gasteiger partial charge in [-0.1, -0.05) is 19.9 Å². The first-order valence-electron chi connectivity index (χ1n) is 5.84. The van der Waals surface area contributed by atoms with Crippen molar-refractivity contribution < 1.29 is 17.6 Å². The van der Waals surface area contributed by atoms with Crippen molar-refractivity contribution in [1.29, 1.82) is 0 Å². The molecule has 1 aromatic rings. The standard InChI is InChI=1S/C13H17F4N/c1-8(2)3-6-12(18)9-4-5-11(14)10(7-9)13(15,16)17/h4-5,7-8,12H,3,6,18H2,1-2H3/t12-/m0/s1. The highest BCUT2D eigenvalue weighted by Gasteiger charge is 2.34. The van der Waals surface area contributed by atoms with Gasteiger partial charge in [0.1, 0.15) is 5.82 Å². The van der Waals surface area contributed by atoms with E-state index in [-0.39, 0.29) is 0 Å². The fraction of sp³-hybridized carbons (Fsp3) is 0.538. The third-order valence-electron chi connectivity index (χ3n) is 2.78. The van der Waals surface area contributed by atoms with Gasteiger partial charge < -0.3 is 5.73 Å². The van der Waals surface area contributed by atoms with Crippen LogP contribution in [0.3, 0.4) is 0 Å². The normalized spacial score (nSPS) is 14.0. The van der Waals surface area contributed by atoms with E-state index in [2.05, 4.69) is 0 Å². The minimum Gasteiger partial charge on any atom is -0.324 e. The minimum absolute atomic E-state index is 0.323. The van der Waals surface area contributed by atoms with Crippen LogP contribution in [0.2, 0.25) is 0 Å². The first kappa shape index (κ1) is 15.0. The number of alkyl halides is 3. The summed E-state index contributed by atoms with van der Waals surface area (Å²) in [6.45, 7) is 4.02. The van der Waals surface area contributed by atoms with E-state index in [0.717, 1.165) is 18.6 Å². The van der Waals surface area contributed by atoms with Crippen LogP contribution >= 0.6 is 0 Å². The summed E-state index contributed by atoms with van der Waals surface area (Å²) in [4.78, 5) is 0. The molecule has 1 rings (SSSR count). The molecule has 0 aromatic heterocycles. The molecule has 0 unspecified atom stereocenters. The minimum atomic E-state index is -4.68. The van der Waals surface area contributed by atoms with Crippen molar-refractivity contribution in [1.82, 2.24) is 0 Å². The van der Waals surface area contributed by atoms with E-state index >= 15 is 0 Å². The number of rotatable bonds is 4. The van der Waals surface area contributed by atoms with E-state index in [1.807, 2.05) is 13.8 Å². The van der Waals surface area contributed by atoms with E-state index in [1.165, 1.54) is 6.07 Å². The number of hydrogen-bond donors (Lipinski definition) is 1. The number of hydrogen-bond acceptors (Lipinski definition) is 1. The molecule has 5 heteroatoms. The Bertz CT molecular complexity index is 398. The quantitative estimate of drug-likeness (QED) is 0.806. The van der Waals surface area contributed by atoms with Gasteiger partial charge in [-0.2, -0.15) is 13.2 Å². The molecule has 2 N–H and O–H groups in total. The molecule has 0 bridgehead atoms. The lowest BCUT2D eigenvalue weighted by Crippen LogP contribution is -2.14. The zero-order chi connectivity index (χ0) is 13.9. The summed E-state index contributed by atoms with van der Waals surface area (Å²) >= 11 is 0. The molecule has 0 spiro atoms. The predicted octanol–water partition coefficient (Wildman–Crippen LogP) is 4.28. The van der Waals surface area contributed by atoms with Gasteiger partial charge in [-0.25, -0.2) is 4.39 Å². The molecule has 18 heavy (non-hydrogen) atoms. The smallest absolute Gasteiger partial charge is 0.324 e. The average molecular weight is 263 g/mol. The molecule has 0 heterocycles. The molecule has 0 saturated carbocycles. The van der Waals surface area contributed by atoms with Gasteiger partial charge in [0.15, 0.2) is 0 Å². The molecule has 0 aliphatic heterocycles. The van der Waals surface area contributed by atoms with Crippen LogP contribution < -0.4 is 5.73 Å². The summed E-state index contributed by atoms with van der Waals surface area (Å²) in [6, 6.07) is 2.46. The average Bonchev–Trinajstić information content (AvgIpc) is 2.24. The maximum atomic E-state index is 13.1. The zero-order valence-electron chi connectivity index (χ0n) is 10.4. The second-order valence-corrected chi connectivity index (χ2v) is 4.81. The molecular formula is C13H17F4N. The largest absolute Gasteiger partial charge is 0.419 e. The molecule has 1 aromatic carbocycles. The van der Waals surface area contributed by atoms with Crippen LogP contribution in [0.15, 0.2) is 18.2 Å².